The molecule has 0 saturated heterocycles. The van der Waals surface area contributed by atoms with Gasteiger partial charge in [-0.1, -0.05) is 51.4 Å². The summed E-state index contributed by atoms with van der Waals surface area (Å²) in [6.45, 7) is 1.84. The molecule has 182 valence electrons. The van der Waals surface area contributed by atoms with E-state index in [1.165, 1.54) is 0 Å². The van der Waals surface area contributed by atoms with Crippen LogP contribution in [0.4, 0.5) is 0 Å². The highest BCUT2D eigenvalue weighted by molar-refractivity contribution is 6.24. The third-order valence-electron chi connectivity index (χ3n) is 10.5. The quantitative estimate of drug-likeness (QED) is 0.434. The van der Waals surface area contributed by atoms with Crippen LogP contribution in [-0.4, -0.2) is 17.3 Å². The fraction of sp³-hybridized carbons (Fsp3) is 0.700. The number of hydrogen-bond donors (Lipinski definition) is 0. The van der Waals surface area contributed by atoms with Gasteiger partial charge in [0.05, 0.1) is 5.57 Å². The van der Waals surface area contributed by atoms with Gasteiger partial charge in [0.15, 0.2) is 17.3 Å². The number of hydrogen-bond acceptors (Lipinski definition) is 4. The van der Waals surface area contributed by atoms with Crippen molar-refractivity contribution in [2.45, 2.75) is 84.0 Å². The van der Waals surface area contributed by atoms with Gasteiger partial charge in [-0.25, -0.2) is 0 Å². The van der Waals surface area contributed by atoms with Crippen molar-refractivity contribution in [2.24, 2.45) is 47.3 Å². The fourth-order valence-corrected chi connectivity index (χ4v) is 9.15. The minimum atomic E-state index is -0.0198. The topological polar surface area (TPSA) is 74.3 Å². The molecule has 0 heterocycles. The Morgan fingerprint density at radius 1 is 0.676 bits per heavy atom. The standard InChI is InChI=1S/C30H38O4/c1-16(14-23-27(31)19-10-2-6-17-7-3-11-20(25(17)19)28(23)32)15-24-29(33)21-12-4-8-18-9-5-13-22(26(18)21)30(24)34/h14-15,17-22,25-26,31H,2-13H2,1H3/p-1. The molecule has 4 nitrogen and oxygen atoms in total. The summed E-state index contributed by atoms with van der Waals surface area (Å²) in [7, 11) is 0. The Hall–Kier alpha value is -1.97. The van der Waals surface area contributed by atoms with Crippen molar-refractivity contribution in [3.63, 3.8) is 0 Å². The summed E-state index contributed by atoms with van der Waals surface area (Å²) in [5.74, 6) is 1.50. The van der Waals surface area contributed by atoms with Crippen molar-refractivity contribution in [1.29, 1.82) is 0 Å². The van der Waals surface area contributed by atoms with Crippen LogP contribution in [0.1, 0.15) is 84.0 Å². The van der Waals surface area contributed by atoms with E-state index in [0.29, 0.717) is 28.6 Å². The number of ketones is 3. The number of Topliss-reactive ketones (excluding diaryl/α,β-unsaturated/α-hetero) is 3. The molecule has 0 N–H and O–H groups in total. The van der Waals surface area contributed by atoms with Crippen LogP contribution in [0, 0.1) is 47.3 Å². The molecule has 0 aromatic carbocycles. The van der Waals surface area contributed by atoms with Gasteiger partial charge in [-0.2, -0.15) is 0 Å². The molecule has 0 aliphatic heterocycles. The molecular weight excluding hydrogens is 424 g/mol. The van der Waals surface area contributed by atoms with Gasteiger partial charge < -0.3 is 5.11 Å². The lowest BCUT2D eigenvalue weighted by molar-refractivity contribution is -0.324. The lowest BCUT2D eigenvalue weighted by Crippen LogP contribution is -2.49. The second kappa shape index (κ2) is 8.60. The average molecular weight is 462 g/mol. The van der Waals surface area contributed by atoms with Gasteiger partial charge >= 0.3 is 0 Å². The van der Waals surface area contributed by atoms with E-state index in [9.17, 15) is 19.5 Å². The van der Waals surface area contributed by atoms with Crippen LogP contribution in [0.2, 0.25) is 0 Å². The molecule has 6 unspecified atom stereocenters. The van der Waals surface area contributed by atoms with E-state index in [2.05, 4.69) is 0 Å². The number of carbonyl (C=O) groups excluding carboxylic acids is 3. The van der Waals surface area contributed by atoms with E-state index in [-0.39, 0.29) is 58.6 Å². The molecule has 6 rings (SSSR count). The summed E-state index contributed by atoms with van der Waals surface area (Å²) in [6, 6.07) is 0. The first kappa shape index (κ1) is 22.5. The Labute approximate surface area is 202 Å². The molecule has 34 heavy (non-hydrogen) atoms. The van der Waals surface area contributed by atoms with Gasteiger partial charge in [0.25, 0.3) is 0 Å². The van der Waals surface area contributed by atoms with E-state index in [0.717, 1.165) is 77.0 Å². The number of carbonyl (C=O) groups is 3. The summed E-state index contributed by atoms with van der Waals surface area (Å²) in [6.07, 6.45) is 15.9. The van der Waals surface area contributed by atoms with Crippen molar-refractivity contribution in [3.8, 4) is 0 Å². The van der Waals surface area contributed by atoms with Crippen LogP contribution in [-0.2, 0) is 14.4 Å². The Bertz CT molecular complexity index is 979. The van der Waals surface area contributed by atoms with Gasteiger partial charge in [0, 0.05) is 23.3 Å². The third kappa shape index (κ3) is 3.42. The highest BCUT2D eigenvalue weighted by atomic mass is 16.3. The molecular formula is C30H37O4-. The van der Waals surface area contributed by atoms with Crippen molar-refractivity contribution < 1.29 is 19.5 Å². The van der Waals surface area contributed by atoms with Gasteiger partial charge in [0.1, 0.15) is 0 Å². The summed E-state index contributed by atoms with van der Waals surface area (Å²) < 4.78 is 0. The first-order chi connectivity index (χ1) is 16.5. The molecule has 0 spiro atoms. The van der Waals surface area contributed by atoms with E-state index in [1.807, 2.05) is 6.92 Å². The Morgan fingerprint density at radius 3 is 1.65 bits per heavy atom. The second-order valence-corrected chi connectivity index (χ2v) is 12.1. The molecule has 6 aliphatic rings. The summed E-state index contributed by atoms with van der Waals surface area (Å²) in [5, 5.41) is 13.4. The van der Waals surface area contributed by atoms with Crippen LogP contribution in [0.15, 0.2) is 34.6 Å². The SMILES string of the molecule is CC(=CC1=C([O-])C2CCCC3CCCC(C1=O)C32)C=C1C(=O)C2CCCC3CCCC(C1=O)C32. The van der Waals surface area contributed by atoms with E-state index < -0.39 is 0 Å². The molecule has 0 bridgehead atoms. The number of rotatable bonds is 2. The van der Waals surface area contributed by atoms with Crippen LogP contribution >= 0.6 is 0 Å². The second-order valence-electron chi connectivity index (χ2n) is 12.1. The normalized spacial score (nSPS) is 42.3. The zero-order valence-corrected chi connectivity index (χ0v) is 20.4. The monoisotopic (exact) mass is 461 g/mol. The van der Waals surface area contributed by atoms with E-state index in [1.54, 1.807) is 12.2 Å². The molecule has 5 fully saturated rings. The van der Waals surface area contributed by atoms with E-state index >= 15 is 0 Å². The molecule has 0 aromatic heterocycles. The van der Waals surface area contributed by atoms with Crippen molar-refractivity contribution in [2.75, 3.05) is 0 Å². The maximum atomic E-state index is 13.4. The molecule has 4 heteroatoms. The average Bonchev–Trinajstić information content (AvgIpc) is 2.86. The van der Waals surface area contributed by atoms with Crippen LogP contribution in [0.3, 0.4) is 0 Å². The zero-order chi connectivity index (χ0) is 23.6. The van der Waals surface area contributed by atoms with Gasteiger partial charge in [-0.15, -0.1) is 5.76 Å². The lowest BCUT2D eigenvalue weighted by atomic mass is 9.54. The van der Waals surface area contributed by atoms with Crippen molar-refractivity contribution >= 4 is 17.3 Å². The maximum Gasteiger partial charge on any atom is 0.169 e. The molecule has 6 aliphatic carbocycles. The zero-order valence-electron chi connectivity index (χ0n) is 20.4. The molecule has 0 amide bonds. The molecule has 6 atom stereocenters. The summed E-state index contributed by atoms with van der Waals surface area (Å²) in [4.78, 5) is 40.3. The Morgan fingerprint density at radius 2 is 1.12 bits per heavy atom. The number of allylic oxidation sites excluding steroid dienone is 6. The van der Waals surface area contributed by atoms with Gasteiger partial charge in [-0.3, -0.25) is 14.4 Å². The third-order valence-corrected chi connectivity index (χ3v) is 10.5. The van der Waals surface area contributed by atoms with Crippen LogP contribution in [0.5, 0.6) is 0 Å². The predicted molar refractivity (Wildman–Crippen MR) is 127 cm³/mol. The minimum absolute atomic E-state index is 0.0133. The predicted octanol–water partition coefficient (Wildman–Crippen LogP) is 4.87. The summed E-state index contributed by atoms with van der Waals surface area (Å²) >= 11 is 0. The summed E-state index contributed by atoms with van der Waals surface area (Å²) in [5.41, 5.74) is 1.34. The van der Waals surface area contributed by atoms with E-state index in [4.69, 9.17) is 0 Å². The lowest BCUT2D eigenvalue weighted by Gasteiger charge is -2.51. The first-order valence-corrected chi connectivity index (χ1v) is 13.9. The highest BCUT2D eigenvalue weighted by Crippen LogP contribution is 2.53. The fourth-order valence-electron chi connectivity index (χ4n) is 9.15. The minimum Gasteiger partial charge on any atom is -0.875 e. The van der Waals surface area contributed by atoms with Gasteiger partial charge in [-0.05, 0) is 79.9 Å². The van der Waals surface area contributed by atoms with Crippen molar-refractivity contribution in [1.82, 2.24) is 0 Å². The Balaban J connectivity index is 1.33. The van der Waals surface area contributed by atoms with Crippen LogP contribution < -0.4 is 5.11 Å². The van der Waals surface area contributed by atoms with Gasteiger partial charge in [0.2, 0.25) is 0 Å². The van der Waals surface area contributed by atoms with Crippen LogP contribution in [0.25, 0.3) is 0 Å². The largest absolute Gasteiger partial charge is 0.875 e. The highest BCUT2D eigenvalue weighted by Gasteiger charge is 2.52. The smallest absolute Gasteiger partial charge is 0.169 e. The Kier molecular flexibility index (Phi) is 5.69. The molecule has 0 radical (unpaired) electrons. The molecule has 5 saturated carbocycles. The first-order valence-electron chi connectivity index (χ1n) is 13.9. The van der Waals surface area contributed by atoms with Crippen molar-refractivity contribution in [3.05, 3.63) is 34.6 Å². The molecule has 0 aromatic rings. The maximum absolute atomic E-state index is 13.4.